The molecule has 0 amide bonds. The van der Waals surface area contributed by atoms with E-state index < -0.39 is 12.3 Å². The zero-order valence-electron chi connectivity index (χ0n) is 7.57. The zero-order valence-corrected chi connectivity index (χ0v) is 12.8. The van der Waals surface area contributed by atoms with Gasteiger partial charge in [0.15, 0.2) is 0 Å². The van der Waals surface area contributed by atoms with Gasteiger partial charge in [0, 0.05) is 13.2 Å². The summed E-state index contributed by atoms with van der Waals surface area (Å²) in [4.78, 5) is 0. The van der Waals surface area contributed by atoms with Crippen molar-refractivity contribution >= 4 is 58.6 Å². The lowest BCUT2D eigenvalue weighted by Gasteiger charge is -2.05. The Labute approximate surface area is 99.4 Å². The molecule has 0 aliphatic carbocycles. The number of rotatable bonds is 8. The quantitative estimate of drug-likeness (QED) is 0.500. The fourth-order valence-corrected chi connectivity index (χ4v) is 10.5. The van der Waals surface area contributed by atoms with Gasteiger partial charge in [0.1, 0.15) is 12.3 Å². The van der Waals surface area contributed by atoms with Crippen LogP contribution in [0.15, 0.2) is 0 Å². The molecule has 0 saturated heterocycles. The first-order valence-corrected chi connectivity index (χ1v) is 12.3. The van der Waals surface area contributed by atoms with Crippen molar-refractivity contribution in [3.8, 4) is 0 Å². The van der Waals surface area contributed by atoms with Crippen LogP contribution < -0.4 is 0 Å². The molecule has 0 heterocycles. The lowest BCUT2D eigenvalue weighted by Crippen LogP contribution is -1.75. The zero-order chi connectivity index (χ0) is 10.1. The molecule has 0 radical (unpaired) electrons. The van der Waals surface area contributed by atoms with Crippen molar-refractivity contribution in [2.24, 2.45) is 0 Å². The second-order valence-corrected chi connectivity index (χ2v) is 12.6. The number of hydrogen-bond donors (Lipinski definition) is 0. The van der Waals surface area contributed by atoms with Crippen LogP contribution in [0, 0.1) is 0 Å². The average molecular weight is 296 g/mol. The van der Waals surface area contributed by atoms with Crippen LogP contribution in [0.25, 0.3) is 0 Å². The van der Waals surface area contributed by atoms with E-state index in [9.17, 15) is 0 Å². The maximum atomic E-state index is 5.29. The van der Waals surface area contributed by atoms with Gasteiger partial charge in [-0.3, -0.25) is 0 Å². The third kappa shape index (κ3) is 10.2. The molecule has 13 heavy (non-hydrogen) atoms. The van der Waals surface area contributed by atoms with Crippen molar-refractivity contribution < 1.29 is 9.05 Å². The van der Waals surface area contributed by atoms with Crippen LogP contribution in [-0.4, -0.2) is 18.3 Å². The van der Waals surface area contributed by atoms with Crippen molar-refractivity contribution in [3.63, 3.8) is 0 Å². The molecule has 80 valence electrons. The summed E-state index contributed by atoms with van der Waals surface area (Å²) in [7, 11) is 0. The van der Waals surface area contributed by atoms with Gasteiger partial charge >= 0.3 is 0 Å². The molecule has 0 aromatic rings. The predicted octanol–water partition coefficient (Wildman–Crippen LogP) is 3.50. The van der Waals surface area contributed by atoms with Gasteiger partial charge in [0.05, 0.1) is 5.08 Å². The fraction of sp³-hybridized carbons (Fsp3) is 1.00. The number of hydrogen-bond acceptors (Lipinski definition) is 6. The highest BCUT2D eigenvalue weighted by Crippen LogP contribution is 2.48. The highest BCUT2D eigenvalue weighted by molar-refractivity contribution is 8.71. The highest BCUT2D eigenvalue weighted by atomic mass is 32.9. The molecule has 0 aromatic carbocycles. The minimum atomic E-state index is -1.06. The average Bonchev–Trinajstić information content (AvgIpc) is 2.05. The van der Waals surface area contributed by atoms with Gasteiger partial charge in [-0.25, -0.2) is 0 Å². The smallest absolute Gasteiger partial charge is 0.108 e. The van der Waals surface area contributed by atoms with Crippen molar-refractivity contribution in [1.29, 1.82) is 0 Å². The predicted molar refractivity (Wildman–Crippen MR) is 74.7 cm³/mol. The van der Waals surface area contributed by atoms with E-state index in [1.54, 1.807) is 22.8 Å². The minimum Gasteiger partial charge on any atom is -0.344 e. The van der Waals surface area contributed by atoms with E-state index in [4.69, 9.17) is 32.7 Å². The molecule has 0 aliphatic rings. The standard InChI is InChI=1S/C5H14O2P2S4/c1-3-6-8(10)12-5-13-9(11)7-4-2/h8-9H,3-5H2,1-2H3. The van der Waals surface area contributed by atoms with Gasteiger partial charge in [0.2, 0.25) is 0 Å². The second-order valence-electron chi connectivity index (χ2n) is 1.77. The van der Waals surface area contributed by atoms with E-state index in [-0.39, 0.29) is 0 Å². The van der Waals surface area contributed by atoms with Gasteiger partial charge in [-0.15, -0.1) is 0 Å². The summed E-state index contributed by atoms with van der Waals surface area (Å²) in [5.74, 6) is 0. The van der Waals surface area contributed by atoms with E-state index in [0.29, 0.717) is 13.2 Å². The van der Waals surface area contributed by atoms with Gasteiger partial charge < -0.3 is 9.05 Å². The Morgan fingerprint density at radius 1 is 1.00 bits per heavy atom. The molecule has 0 spiro atoms. The van der Waals surface area contributed by atoms with E-state index in [1.807, 2.05) is 13.8 Å². The molecular weight excluding hydrogens is 282 g/mol. The van der Waals surface area contributed by atoms with Crippen LogP contribution in [0.1, 0.15) is 13.8 Å². The first-order valence-electron chi connectivity index (χ1n) is 3.79. The Kier molecular flexibility index (Phi) is 12.0. The normalized spacial score (nSPS) is 15.5. The Balaban J connectivity index is 3.33. The van der Waals surface area contributed by atoms with Crippen LogP contribution in [0.5, 0.6) is 0 Å². The van der Waals surface area contributed by atoms with Crippen molar-refractivity contribution in [1.82, 2.24) is 0 Å². The van der Waals surface area contributed by atoms with E-state index in [2.05, 4.69) is 0 Å². The summed E-state index contributed by atoms with van der Waals surface area (Å²) in [6.45, 7) is 5.36. The fourth-order valence-electron chi connectivity index (χ4n) is 0.445. The van der Waals surface area contributed by atoms with E-state index >= 15 is 0 Å². The second kappa shape index (κ2) is 10.4. The maximum Gasteiger partial charge on any atom is 0.108 e. The lowest BCUT2D eigenvalue weighted by molar-refractivity contribution is 0.396. The molecule has 2 nitrogen and oxygen atoms in total. The third-order valence-corrected chi connectivity index (χ3v) is 10.4. The van der Waals surface area contributed by atoms with Crippen LogP contribution in [-0.2, 0) is 32.7 Å². The first-order chi connectivity index (χ1) is 6.20. The molecule has 2 unspecified atom stereocenters. The molecule has 8 heteroatoms. The summed E-state index contributed by atoms with van der Waals surface area (Å²) in [6.07, 6.45) is -2.11. The molecule has 0 fully saturated rings. The highest BCUT2D eigenvalue weighted by Gasteiger charge is 1.97. The molecule has 0 aliphatic heterocycles. The van der Waals surface area contributed by atoms with E-state index in [0.717, 1.165) is 5.08 Å². The van der Waals surface area contributed by atoms with Crippen LogP contribution in [0.2, 0.25) is 0 Å². The van der Waals surface area contributed by atoms with Crippen LogP contribution >= 0.6 is 35.0 Å². The topological polar surface area (TPSA) is 18.5 Å². The molecule has 0 aromatic heterocycles. The van der Waals surface area contributed by atoms with Gasteiger partial charge in [0.25, 0.3) is 0 Å². The molecule has 0 N–H and O–H groups in total. The van der Waals surface area contributed by atoms with Gasteiger partial charge in [-0.2, -0.15) is 0 Å². The molecule has 0 rings (SSSR count). The Hall–Kier alpha value is 1.92. The summed E-state index contributed by atoms with van der Waals surface area (Å²) >= 11 is 13.6. The third-order valence-electron chi connectivity index (χ3n) is 0.878. The lowest BCUT2D eigenvalue weighted by atomic mass is 10.9. The van der Waals surface area contributed by atoms with Crippen LogP contribution in [0.4, 0.5) is 0 Å². The Bertz CT molecular complexity index is 160. The molecule has 0 saturated carbocycles. The largest absolute Gasteiger partial charge is 0.344 e. The van der Waals surface area contributed by atoms with Gasteiger partial charge in [-0.1, -0.05) is 46.4 Å². The molecule has 2 atom stereocenters. The SMILES string of the molecule is CCO[PH](=S)SCS[PH](=S)OCC. The van der Waals surface area contributed by atoms with Crippen molar-refractivity contribution in [3.05, 3.63) is 0 Å². The summed E-state index contributed by atoms with van der Waals surface area (Å²) in [6, 6.07) is 0. The summed E-state index contributed by atoms with van der Waals surface area (Å²) < 4.78 is 10.6. The maximum absolute atomic E-state index is 5.29. The summed E-state index contributed by atoms with van der Waals surface area (Å²) in [5, 5.41) is 0.912. The van der Waals surface area contributed by atoms with Crippen molar-refractivity contribution in [2.75, 3.05) is 18.3 Å². The molecule has 0 bridgehead atoms. The monoisotopic (exact) mass is 296 g/mol. The van der Waals surface area contributed by atoms with Crippen LogP contribution in [0.3, 0.4) is 0 Å². The van der Waals surface area contributed by atoms with Gasteiger partial charge in [-0.05, 0) is 13.8 Å². The Morgan fingerprint density at radius 2 is 1.38 bits per heavy atom. The van der Waals surface area contributed by atoms with E-state index in [1.165, 1.54) is 0 Å². The molecular formula is C5H14O2P2S4. The Morgan fingerprint density at radius 3 is 1.69 bits per heavy atom. The summed E-state index contributed by atoms with van der Waals surface area (Å²) in [5.41, 5.74) is 0. The van der Waals surface area contributed by atoms with Crippen molar-refractivity contribution in [2.45, 2.75) is 13.8 Å². The first kappa shape index (κ1) is 14.9. The minimum absolute atomic E-state index is 0.715.